The number of nitrogens with zero attached hydrogens (tertiary/aromatic N) is 2. The molecule has 1 aromatic carbocycles. The molecule has 2 heterocycles. The molecular formula is C24H33FN4O3. The molecule has 1 aromatic heterocycles. The number of benzene rings is 1. The molecule has 32 heavy (non-hydrogen) atoms. The highest BCUT2D eigenvalue weighted by Crippen LogP contribution is 2.18. The summed E-state index contributed by atoms with van der Waals surface area (Å²) in [6.45, 7) is 6.40. The van der Waals surface area contributed by atoms with Gasteiger partial charge in [0.05, 0.1) is 6.10 Å². The number of hydrogen-bond donors (Lipinski definition) is 3. The average Bonchev–Trinajstić information content (AvgIpc) is 2.76. The molecule has 3 rings (SSSR count). The van der Waals surface area contributed by atoms with Crippen LogP contribution in [0.15, 0.2) is 42.6 Å². The Labute approximate surface area is 189 Å². The van der Waals surface area contributed by atoms with Gasteiger partial charge in [-0.15, -0.1) is 0 Å². The summed E-state index contributed by atoms with van der Waals surface area (Å²) in [6.07, 6.45) is 1.81. The zero-order chi connectivity index (χ0) is 23.0. The zero-order valence-corrected chi connectivity index (χ0v) is 18.8. The van der Waals surface area contributed by atoms with E-state index in [1.165, 1.54) is 31.2 Å². The molecule has 3 N–H and O–H groups in total. The second-order valence-electron chi connectivity index (χ2n) is 8.74. The molecule has 0 saturated carbocycles. The van der Waals surface area contributed by atoms with Crippen molar-refractivity contribution in [2.75, 3.05) is 39.3 Å². The third-order valence-electron chi connectivity index (χ3n) is 5.25. The van der Waals surface area contributed by atoms with Gasteiger partial charge in [-0.3, -0.25) is 9.69 Å². The highest BCUT2D eigenvalue weighted by molar-refractivity contribution is 5.94. The largest absolute Gasteiger partial charge is 0.476 e. The molecule has 0 unspecified atom stereocenters. The van der Waals surface area contributed by atoms with E-state index in [0.29, 0.717) is 31.1 Å². The number of β-amino-alcohol motifs (C(OH)–C–C–N with tert-alkyl or cyclic N) is 1. The van der Waals surface area contributed by atoms with E-state index in [-0.39, 0.29) is 19.0 Å². The Morgan fingerprint density at radius 1 is 1.31 bits per heavy atom. The summed E-state index contributed by atoms with van der Waals surface area (Å²) in [6, 6.07) is 11.5. The minimum absolute atomic E-state index is 0.165. The Balaban J connectivity index is 1.39. The number of fused-ring (bicyclic) bond motifs is 1. The summed E-state index contributed by atoms with van der Waals surface area (Å²) in [5.41, 5.74) is 1.79. The van der Waals surface area contributed by atoms with Crippen molar-refractivity contribution < 1.29 is 19.0 Å². The smallest absolute Gasteiger partial charge is 0.251 e. The van der Waals surface area contributed by atoms with Gasteiger partial charge in [-0.05, 0) is 37.5 Å². The first-order valence-electron chi connectivity index (χ1n) is 11.0. The predicted octanol–water partition coefficient (Wildman–Crippen LogP) is 1.95. The van der Waals surface area contributed by atoms with Crippen LogP contribution in [0.5, 0.6) is 5.88 Å². The number of carbonyl (C=O) groups excluding carboxylic acids is 1. The van der Waals surface area contributed by atoms with E-state index in [0.717, 1.165) is 19.5 Å². The number of nitrogens with one attached hydrogen (secondary N) is 2. The lowest BCUT2D eigenvalue weighted by molar-refractivity contribution is 0.0841. The quantitative estimate of drug-likeness (QED) is 0.460. The molecule has 1 aliphatic heterocycles. The average molecular weight is 445 g/mol. The van der Waals surface area contributed by atoms with Crippen LogP contribution in [0.1, 0.15) is 35.3 Å². The van der Waals surface area contributed by atoms with Crippen molar-refractivity contribution in [1.29, 1.82) is 0 Å². The van der Waals surface area contributed by atoms with Crippen LogP contribution in [0.3, 0.4) is 0 Å². The third-order valence-corrected chi connectivity index (χ3v) is 5.25. The maximum atomic E-state index is 13.4. The van der Waals surface area contributed by atoms with Gasteiger partial charge in [0, 0.05) is 57.1 Å². The van der Waals surface area contributed by atoms with Crippen LogP contribution < -0.4 is 15.4 Å². The molecule has 174 valence electrons. The van der Waals surface area contributed by atoms with Crippen molar-refractivity contribution in [3.63, 3.8) is 0 Å². The van der Waals surface area contributed by atoms with E-state index in [1.54, 1.807) is 12.1 Å². The molecule has 0 bridgehead atoms. The number of pyridine rings is 1. The number of ether oxygens (including phenoxy) is 1. The second kappa shape index (κ2) is 11.4. The van der Waals surface area contributed by atoms with Crippen LogP contribution in [-0.4, -0.2) is 72.0 Å². The number of aromatic nitrogens is 1. The number of rotatable bonds is 11. The molecule has 0 spiro atoms. The molecule has 0 saturated heterocycles. The number of hydrogen-bond acceptors (Lipinski definition) is 6. The fraction of sp³-hybridized carbons (Fsp3) is 0.500. The van der Waals surface area contributed by atoms with Crippen LogP contribution in [0, 0.1) is 0 Å². The predicted molar refractivity (Wildman–Crippen MR) is 122 cm³/mol. The van der Waals surface area contributed by atoms with Crippen LogP contribution >= 0.6 is 0 Å². The van der Waals surface area contributed by atoms with Gasteiger partial charge in [-0.25, -0.2) is 9.37 Å². The topological polar surface area (TPSA) is 86.7 Å². The number of halogens is 1. The second-order valence-corrected chi connectivity index (χ2v) is 8.74. The number of carbonyl (C=O) groups is 1. The van der Waals surface area contributed by atoms with Crippen molar-refractivity contribution in [2.24, 2.45) is 0 Å². The SMILES string of the molecule is CC(C)(F)CNCCOc1cc(C(=O)NC[C@H](O)CN2CCc3ccccc3C2)ccn1. The molecular weight excluding hydrogens is 411 g/mol. The summed E-state index contributed by atoms with van der Waals surface area (Å²) in [5, 5.41) is 16.1. The van der Waals surface area contributed by atoms with Crippen LogP contribution in [0.25, 0.3) is 0 Å². The van der Waals surface area contributed by atoms with Gasteiger partial charge in [0.2, 0.25) is 5.88 Å². The summed E-state index contributed by atoms with van der Waals surface area (Å²) >= 11 is 0. The maximum absolute atomic E-state index is 13.4. The van der Waals surface area contributed by atoms with Crippen molar-refractivity contribution >= 4 is 5.91 Å². The van der Waals surface area contributed by atoms with Gasteiger partial charge < -0.3 is 20.5 Å². The lowest BCUT2D eigenvalue weighted by Gasteiger charge is -2.30. The van der Waals surface area contributed by atoms with E-state index in [1.807, 2.05) is 6.07 Å². The number of amides is 1. The van der Waals surface area contributed by atoms with Gasteiger partial charge in [0.25, 0.3) is 5.91 Å². The van der Waals surface area contributed by atoms with Crippen molar-refractivity contribution in [3.05, 3.63) is 59.3 Å². The normalized spacial score (nSPS) is 15.1. The Bertz CT molecular complexity index is 888. The molecule has 0 fully saturated rings. The van der Waals surface area contributed by atoms with Crippen LogP contribution in [0.2, 0.25) is 0 Å². The van der Waals surface area contributed by atoms with E-state index in [9.17, 15) is 14.3 Å². The molecule has 1 amide bonds. The zero-order valence-electron chi connectivity index (χ0n) is 18.8. The van der Waals surface area contributed by atoms with E-state index in [4.69, 9.17) is 4.74 Å². The highest BCUT2D eigenvalue weighted by Gasteiger charge is 2.19. The van der Waals surface area contributed by atoms with Crippen molar-refractivity contribution in [1.82, 2.24) is 20.5 Å². The summed E-state index contributed by atoms with van der Waals surface area (Å²) in [7, 11) is 0. The molecule has 8 heteroatoms. The summed E-state index contributed by atoms with van der Waals surface area (Å²) < 4.78 is 19.0. The standard InChI is InChI=1S/C24H33FN4O3/c1-24(2,25)17-26-10-12-32-22-13-19(7-9-27-22)23(31)28-14-21(30)16-29-11-8-18-5-3-4-6-20(18)15-29/h3-7,9,13,21,26,30H,8,10-12,14-17H2,1-2H3,(H,28,31)/t21-/m0/s1. The third kappa shape index (κ3) is 7.85. The minimum Gasteiger partial charge on any atom is -0.476 e. The van der Waals surface area contributed by atoms with Gasteiger partial charge in [-0.1, -0.05) is 24.3 Å². The first kappa shape index (κ1) is 24.1. The summed E-state index contributed by atoms with van der Waals surface area (Å²) in [4.78, 5) is 18.8. The Morgan fingerprint density at radius 3 is 2.88 bits per heavy atom. The number of alkyl halides is 1. The van der Waals surface area contributed by atoms with Gasteiger partial charge in [0.1, 0.15) is 12.3 Å². The molecule has 0 radical (unpaired) electrons. The molecule has 0 aliphatic carbocycles. The molecule has 7 nitrogen and oxygen atoms in total. The Hall–Kier alpha value is -2.55. The fourth-order valence-corrected chi connectivity index (χ4v) is 3.63. The molecule has 1 atom stereocenters. The van der Waals surface area contributed by atoms with E-state index in [2.05, 4.69) is 38.7 Å². The van der Waals surface area contributed by atoms with Crippen molar-refractivity contribution in [2.45, 2.75) is 38.6 Å². The van der Waals surface area contributed by atoms with Crippen LogP contribution in [-0.2, 0) is 13.0 Å². The lowest BCUT2D eigenvalue weighted by atomic mass is 10.00. The van der Waals surface area contributed by atoms with E-state index >= 15 is 0 Å². The first-order chi connectivity index (χ1) is 15.3. The molecule has 1 aliphatic rings. The Kier molecular flexibility index (Phi) is 8.55. The fourth-order valence-electron chi connectivity index (χ4n) is 3.63. The van der Waals surface area contributed by atoms with Gasteiger partial charge in [0.15, 0.2) is 0 Å². The van der Waals surface area contributed by atoms with Crippen molar-refractivity contribution in [3.8, 4) is 5.88 Å². The van der Waals surface area contributed by atoms with Gasteiger partial charge in [-0.2, -0.15) is 0 Å². The van der Waals surface area contributed by atoms with Gasteiger partial charge >= 0.3 is 0 Å². The first-order valence-corrected chi connectivity index (χ1v) is 11.0. The number of aliphatic hydroxyl groups excluding tert-OH is 1. The Morgan fingerprint density at radius 2 is 2.09 bits per heavy atom. The monoisotopic (exact) mass is 444 g/mol. The van der Waals surface area contributed by atoms with E-state index < -0.39 is 11.8 Å². The summed E-state index contributed by atoms with van der Waals surface area (Å²) in [5.74, 6) is 0.0316. The highest BCUT2D eigenvalue weighted by atomic mass is 19.1. The minimum atomic E-state index is -1.28. The van der Waals surface area contributed by atoms with Crippen LogP contribution in [0.4, 0.5) is 4.39 Å². The lowest BCUT2D eigenvalue weighted by Crippen LogP contribution is -2.42. The maximum Gasteiger partial charge on any atom is 0.251 e. The molecule has 2 aromatic rings. The number of aliphatic hydroxyl groups is 1.